The summed E-state index contributed by atoms with van der Waals surface area (Å²) in [5.74, 6) is -1.82. The lowest BCUT2D eigenvalue weighted by Gasteiger charge is -2.09. The van der Waals surface area contributed by atoms with Gasteiger partial charge in [0.25, 0.3) is 6.43 Å². The Morgan fingerprint density at radius 1 is 1.59 bits per heavy atom. The topological polar surface area (TPSA) is 39.2 Å². The number of esters is 1. The van der Waals surface area contributed by atoms with Gasteiger partial charge in [0.2, 0.25) is 0 Å². The van der Waals surface area contributed by atoms with Crippen LogP contribution in [0.25, 0.3) is 0 Å². The molecule has 0 saturated carbocycles. The fourth-order valence-corrected chi connectivity index (χ4v) is 1.67. The van der Waals surface area contributed by atoms with E-state index in [1.54, 1.807) is 6.92 Å². The van der Waals surface area contributed by atoms with Gasteiger partial charge in [0.1, 0.15) is 10.4 Å². The molecule has 0 aromatic carbocycles. The summed E-state index contributed by atoms with van der Waals surface area (Å²) in [4.78, 5) is 14.8. The standard InChI is InChI=1S/C10H9BrF3NO2/c1-2-17-8(16)4-6-9(10(13)14)5(12)3-7(11)15-6/h3,10H,2,4H2,1H3. The maximum Gasteiger partial charge on any atom is 0.311 e. The molecule has 94 valence electrons. The zero-order chi connectivity index (χ0) is 13.0. The minimum atomic E-state index is -3.03. The molecule has 0 N–H and O–H groups in total. The number of ether oxygens (including phenoxy) is 1. The van der Waals surface area contributed by atoms with Crippen LogP contribution in [0.1, 0.15) is 24.6 Å². The molecule has 0 radical (unpaired) electrons. The number of rotatable bonds is 4. The number of nitrogens with zero attached hydrogens (tertiary/aromatic N) is 1. The fourth-order valence-electron chi connectivity index (χ4n) is 1.26. The molecule has 0 aliphatic carbocycles. The highest BCUT2D eigenvalue weighted by molar-refractivity contribution is 9.10. The summed E-state index contributed by atoms with van der Waals surface area (Å²) in [6, 6.07) is 0.830. The van der Waals surface area contributed by atoms with E-state index in [1.807, 2.05) is 0 Å². The first kappa shape index (κ1) is 14.0. The van der Waals surface area contributed by atoms with Crippen molar-refractivity contribution < 1.29 is 22.7 Å². The predicted octanol–water partition coefficient (Wildman–Crippen LogP) is 3.03. The van der Waals surface area contributed by atoms with Crippen molar-refractivity contribution in [1.82, 2.24) is 4.98 Å². The molecule has 0 aliphatic heterocycles. The molecule has 1 heterocycles. The van der Waals surface area contributed by atoms with E-state index in [0.717, 1.165) is 6.07 Å². The second-order valence-corrected chi connectivity index (χ2v) is 3.88. The Kier molecular flexibility index (Phi) is 4.92. The van der Waals surface area contributed by atoms with Crippen molar-refractivity contribution in [2.24, 2.45) is 0 Å². The maximum atomic E-state index is 13.3. The van der Waals surface area contributed by atoms with E-state index in [-0.39, 0.29) is 16.9 Å². The number of aromatic nitrogens is 1. The molecular weight excluding hydrogens is 303 g/mol. The molecular formula is C10H9BrF3NO2. The predicted molar refractivity (Wildman–Crippen MR) is 57.2 cm³/mol. The van der Waals surface area contributed by atoms with E-state index in [1.165, 1.54) is 0 Å². The van der Waals surface area contributed by atoms with Crippen LogP contribution in [0.4, 0.5) is 13.2 Å². The molecule has 0 atom stereocenters. The van der Waals surface area contributed by atoms with E-state index in [2.05, 4.69) is 25.7 Å². The van der Waals surface area contributed by atoms with Gasteiger partial charge >= 0.3 is 5.97 Å². The number of hydrogen-bond acceptors (Lipinski definition) is 3. The van der Waals surface area contributed by atoms with E-state index < -0.39 is 30.2 Å². The molecule has 0 spiro atoms. The lowest BCUT2D eigenvalue weighted by atomic mass is 10.1. The first-order valence-corrected chi connectivity index (χ1v) is 5.53. The molecule has 1 rings (SSSR count). The smallest absolute Gasteiger partial charge is 0.311 e. The Bertz CT molecular complexity index is 426. The van der Waals surface area contributed by atoms with E-state index in [0.29, 0.717) is 0 Å². The van der Waals surface area contributed by atoms with Crippen LogP contribution in [0.5, 0.6) is 0 Å². The maximum absolute atomic E-state index is 13.3. The summed E-state index contributed by atoms with van der Waals surface area (Å²) in [5, 5.41) is 0. The van der Waals surface area contributed by atoms with Gasteiger partial charge in [-0.05, 0) is 22.9 Å². The summed E-state index contributed by atoms with van der Waals surface area (Å²) in [6.45, 7) is 1.71. The zero-order valence-corrected chi connectivity index (χ0v) is 10.4. The van der Waals surface area contributed by atoms with Gasteiger partial charge in [0.15, 0.2) is 0 Å². The van der Waals surface area contributed by atoms with Gasteiger partial charge in [-0.15, -0.1) is 0 Å². The molecule has 1 aromatic heterocycles. The summed E-state index contributed by atoms with van der Waals surface area (Å²) >= 11 is 2.88. The number of carbonyl (C=O) groups is 1. The van der Waals surface area contributed by atoms with Gasteiger partial charge in [-0.1, -0.05) is 0 Å². The van der Waals surface area contributed by atoms with Crippen molar-refractivity contribution in [1.29, 1.82) is 0 Å². The van der Waals surface area contributed by atoms with Crippen LogP contribution in [0.2, 0.25) is 0 Å². The van der Waals surface area contributed by atoms with E-state index in [9.17, 15) is 18.0 Å². The molecule has 0 amide bonds. The second kappa shape index (κ2) is 6.00. The minimum absolute atomic E-state index is 0.0544. The molecule has 3 nitrogen and oxygen atoms in total. The molecule has 0 fully saturated rings. The highest BCUT2D eigenvalue weighted by atomic mass is 79.9. The van der Waals surface area contributed by atoms with Gasteiger partial charge in [-0.25, -0.2) is 18.2 Å². The third-order valence-electron chi connectivity index (χ3n) is 1.89. The van der Waals surface area contributed by atoms with Crippen molar-refractivity contribution >= 4 is 21.9 Å². The fraction of sp³-hybridized carbons (Fsp3) is 0.400. The third-order valence-corrected chi connectivity index (χ3v) is 2.30. The molecule has 1 aromatic rings. The van der Waals surface area contributed by atoms with Gasteiger partial charge in [0.05, 0.1) is 24.3 Å². The van der Waals surface area contributed by atoms with Crippen LogP contribution in [0.15, 0.2) is 10.7 Å². The monoisotopic (exact) mass is 311 g/mol. The molecule has 0 bridgehead atoms. The number of pyridine rings is 1. The van der Waals surface area contributed by atoms with Gasteiger partial charge in [0, 0.05) is 6.07 Å². The molecule has 0 aliphatic rings. The first-order chi connectivity index (χ1) is 7.95. The van der Waals surface area contributed by atoms with Crippen LogP contribution in [0.3, 0.4) is 0 Å². The average molecular weight is 312 g/mol. The van der Waals surface area contributed by atoms with Gasteiger partial charge in [-0.3, -0.25) is 4.79 Å². The number of hydrogen-bond donors (Lipinski definition) is 0. The lowest BCUT2D eigenvalue weighted by Crippen LogP contribution is -2.12. The summed E-state index contributed by atoms with van der Waals surface area (Å²) in [7, 11) is 0. The van der Waals surface area contributed by atoms with Crippen LogP contribution in [-0.4, -0.2) is 17.6 Å². The van der Waals surface area contributed by atoms with Crippen molar-refractivity contribution in [2.45, 2.75) is 19.8 Å². The number of carbonyl (C=O) groups excluding carboxylic acids is 1. The normalized spacial score (nSPS) is 10.7. The largest absolute Gasteiger partial charge is 0.466 e. The lowest BCUT2D eigenvalue weighted by molar-refractivity contribution is -0.142. The highest BCUT2D eigenvalue weighted by Gasteiger charge is 2.22. The quantitative estimate of drug-likeness (QED) is 0.634. The number of alkyl halides is 2. The Morgan fingerprint density at radius 3 is 2.76 bits per heavy atom. The average Bonchev–Trinajstić information content (AvgIpc) is 2.15. The van der Waals surface area contributed by atoms with Crippen LogP contribution in [0, 0.1) is 5.82 Å². The summed E-state index contributed by atoms with van der Waals surface area (Å²) in [5.41, 5.74) is -1.17. The SMILES string of the molecule is CCOC(=O)Cc1nc(Br)cc(F)c1C(F)F. The third kappa shape index (κ3) is 3.69. The Balaban J connectivity index is 3.08. The van der Waals surface area contributed by atoms with Gasteiger partial charge in [-0.2, -0.15) is 0 Å². The molecule has 17 heavy (non-hydrogen) atoms. The van der Waals surface area contributed by atoms with Crippen molar-refractivity contribution in [3.05, 3.63) is 27.7 Å². The number of halogens is 4. The Labute approximate surface area is 104 Å². The zero-order valence-electron chi connectivity index (χ0n) is 8.84. The van der Waals surface area contributed by atoms with Gasteiger partial charge < -0.3 is 4.74 Å². The molecule has 0 unspecified atom stereocenters. The van der Waals surface area contributed by atoms with Crippen molar-refractivity contribution in [3.8, 4) is 0 Å². The summed E-state index contributed by atoms with van der Waals surface area (Å²) in [6.07, 6.45) is -3.51. The minimum Gasteiger partial charge on any atom is -0.466 e. The van der Waals surface area contributed by atoms with Crippen molar-refractivity contribution in [3.63, 3.8) is 0 Å². The summed E-state index contributed by atoms with van der Waals surface area (Å²) < 4.78 is 43.2. The van der Waals surface area contributed by atoms with E-state index in [4.69, 9.17) is 0 Å². The Morgan fingerprint density at radius 2 is 2.24 bits per heavy atom. The Hall–Kier alpha value is -1.11. The first-order valence-electron chi connectivity index (χ1n) is 4.74. The highest BCUT2D eigenvalue weighted by Crippen LogP contribution is 2.27. The van der Waals surface area contributed by atoms with Crippen LogP contribution < -0.4 is 0 Å². The molecule has 0 saturated heterocycles. The van der Waals surface area contributed by atoms with Crippen LogP contribution in [-0.2, 0) is 16.0 Å². The second-order valence-electron chi connectivity index (χ2n) is 3.07. The molecule has 7 heteroatoms. The van der Waals surface area contributed by atoms with Crippen molar-refractivity contribution in [2.75, 3.05) is 6.61 Å². The van der Waals surface area contributed by atoms with Crippen LogP contribution >= 0.6 is 15.9 Å². The van der Waals surface area contributed by atoms with E-state index >= 15 is 0 Å².